The number of nitrogens with two attached hydrogens (primary N) is 1. The maximum atomic E-state index is 12.6. The van der Waals surface area contributed by atoms with Gasteiger partial charge in [-0.15, -0.1) is 22.7 Å². The number of fused-ring (bicyclic) bond motifs is 3. The van der Waals surface area contributed by atoms with Gasteiger partial charge in [-0.1, -0.05) is 31.4 Å². The predicted octanol–water partition coefficient (Wildman–Crippen LogP) is 5.19. The Hall–Kier alpha value is -3.58. The van der Waals surface area contributed by atoms with E-state index in [1.165, 1.54) is 41.8 Å². The molecule has 3 aromatic rings. The highest BCUT2D eigenvalue weighted by atomic mass is 32.1. The number of ether oxygens (including phenoxy) is 4. The Morgan fingerprint density at radius 1 is 1.08 bits per heavy atom. The Morgan fingerprint density at radius 2 is 1.76 bits per heavy atom. The number of nitrogens with zero attached hydrogens (tertiary/aromatic N) is 1. The first kappa shape index (κ1) is 29.0. The van der Waals surface area contributed by atoms with Gasteiger partial charge in [0.15, 0.2) is 12.8 Å². The summed E-state index contributed by atoms with van der Waals surface area (Å²) < 4.78 is 23.9. The van der Waals surface area contributed by atoms with Crippen molar-refractivity contribution in [3.8, 4) is 5.75 Å². The van der Waals surface area contributed by atoms with E-state index < -0.39 is 24.4 Å². The molecule has 13 heteroatoms. The van der Waals surface area contributed by atoms with Crippen LogP contribution in [0.4, 0.5) is 9.59 Å². The zero-order valence-electron chi connectivity index (χ0n) is 21.3. The molecule has 0 saturated heterocycles. The van der Waals surface area contributed by atoms with Gasteiger partial charge in [0, 0.05) is 16.1 Å². The van der Waals surface area contributed by atoms with Gasteiger partial charge in [0.25, 0.3) is 0 Å². The molecule has 1 aliphatic carbocycles. The summed E-state index contributed by atoms with van der Waals surface area (Å²) in [5.41, 5.74) is 4.03. The molecule has 2 heterocycles. The van der Waals surface area contributed by atoms with Gasteiger partial charge in [-0.3, -0.25) is 4.90 Å². The molecule has 1 saturated carbocycles. The minimum atomic E-state index is -1.33. The second kappa shape index (κ2) is 13.3. The van der Waals surface area contributed by atoms with Crippen LogP contribution in [0.15, 0.2) is 24.3 Å². The Kier molecular flexibility index (Phi) is 10.1. The maximum absolute atomic E-state index is 12.6. The van der Waals surface area contributed by atoms with Crippen molar-refractivity contribution in [2.24, 2.45) is 5.73 Å². The summed E-state index contributed by atoms with van der Waals surface area (Å²) in [4.78, 5) is 47.6. The van der Waals surface area contributed by atoms with Crippen molar-refractivity contribution >= 4 is 66.3 Å². The fourth-order valence-corrected chi connectivity index (χ4v) is 6.84. The van der Waals surface area contributed by atoms with Gasteiger partial charge in [0.2, 0.25) is 0 Å². The first-order chi connectivity index (χ1) is 18.2. The highest BCUT2D eigenvalue weighted by molar-refractivity contribution is 7.33. The SMILES string of the molecule is COC(=O)c1cc2sc3c(OCC(=O)OC(C)N(C(=O)OC)C4CCCCC4)cccc3c2s1.NC(=O)O. The number of thiophene rings is 2. The Labute approximate surface area is 227 Å². The molecular formula is C25H30N2O9S2. The van der Waals surface area contributed by atoms with Crippen LogP contribution in [-0.4, -0.2) is 67.2 Å². The minimum absolute atomic E-state index is 0.00685. The summed E-state index contributed by atoms with van der Waals surface area (Å²) in [5, 5.41) is 8.15. The van der Waals surface area contributed by atoms with Gasteiger partial charge in [-0.25, -0.2) is 19.2 Å². The van der Waals surface area contributed by atoms with Crippen molar-refractivity contribution < 1.29 is 43.2 Å². The third kappa shape index (κ3) is 7.04. The highest BCUT2D eigenvalue weighted by Crippen LogP contribution is 2.43. The van der Waals surface area contributed by atoms with Crippen molar-refractivity contribution in [1.29, 1.82) is 0 Å². The lowest BCUT2D eigenvalue weighted by molar-refractivity contribution is -0.160. The molecule has 3 N–H and O–H groups in total. The fraction of sp³-hybridized carbons (Fsp3) is 0.440. The van der Waals surface area contributed by atoms with Crippen LogP contribution in [0.1, 0.15) is 48.7 Å². The number of rotatable bonds is 7. The molecule has 0 spiro atoms. The van der Waals surface area contributed by atoms with Crippen molar-refractivity contribution in [2.75, 3.05) is 20.8 Å². The zero-order chi connectivity index (χ0) is 27.8. The Bertz CT molecular complexity index is 1290. The van der Waals surface area contributed by atoms with E-state index in [0.29, 0.717) is 10.6 Å². The lowest BCUT2D eigenvalue weighted by Crippen LogP contribution is -2.48. The molecule has 1 unspecified atom stereocenters. The molecule has 4 rings (SSSR count). The number of amides is 2. The standard InChI is InChI=1S/C24H27NO7S2.CH3NO2/c1-14(25(24(28)30-3)15-8-5-4-6-9-15)32-20(26)13-31-17-11-7-10-16-21(17)33-18-12-19(23(27)29-2)34-22(16)18;2-1(3)4/h7,10-12,14-15H,4-6,8-9,13H2,1-3H3;2H2,(H,3,4). The van der Waals surface area contributed by atoms with E-state index in [0.717, 1.165) is 51.6 Å². The monoisotopic (exact) mass is 566 g/mol. The highest BCUT2D eigenvalue weighted by Gasteiger charge is 2.32. The van der Waals surface area contributed by atoms with Crippen LogP contribution < -0.4 is 10.5 Å². The van der Waals surface area contributed by atoms with E-state index in [9.17, 15) is 14.4 Å². The van der Waals surface area contributed by atoms with Crippen LogP contribution in [0.5, 0.6) is 5.75 Å². The largest absolute Gasteiger partial charge is 0.480 e. The molecule has 1 fully saturated rings. The van der Waals surface area contributed by atoms with Gasteiger partial charge >= 0.3 is 24.1 Å². The molecule has 0 aliphatic heterocycles. The molecule has 2 aromatic heterocycles. The average Bonchev–Trinajstić information content (AvgIpc) is 3.46. The van der Waals surface area contributed by atoms with Crippen LogP contribution in [0, 0.1) is 0 Å². The third-order valence-electron chi connectivity index (χ3n) is 5.91. The van der Waals surface area contributed by atoms with Crippen molar-refractivity contribution in [2.45, 2.75) is 51.3 Å². The molecule has 0 radical (unpaired) electrons. The van der Waals surface area contributed by atoms with Crippen LogP contribution >= 0.6 is 22.7 Å². The van der Waals surface area contributed by atoms with Gasteiger partial charge in [-0.2, -0.15) is 0 Å². The first-order valence-corrected chi connectivity index (χ1v) is 13.5. The number of hydrogen-bond donors (Lipinski definition) is 2. The molecule has 0 bridgehead atoms. The van der Waals surface area contributed by atoms with E-state index in [1.54, 1.807) is 13.0 Å². The van der Waals surface area contributed by atoms with Crippen LogP contribution in [0.3, 0.4) is 0 Å². The lowest BCUT2D eigenvalue weighted by Gasteiger charge is -2.36. The van der Waals surface area contributed by atoms with Gasteiger partial charge < -0.3 is 29.8 Å². The van der Waals surface area contributed by atoms with Crippen LogP contribution in [-0.2, 0) is 19.0 Å². The second-order valence-electron chi connectivity index (χ2n) is 8.42. The molecule has 1 aliphatic rings. The molecule has 1 aromatic carbocycles. The summed E-state index contributed by atoms with van der Waals surface area (Å²) in [6.07, 6.45) is 2.35. The van der Waals surface area contributed by atoms with E-state index in [-0.39, 0.29) is 18.6 Å². The number of benzene rings is 1. The summed E-state index contributed by atoms with van der Waals surface area (Å²) in [7, 11) is 2.69. The number of carbonyl (C=O) groups is 4. The Balaban J connectivity index is 0.000000934. The summed E-state index contributed by atoms with van der Waals surface area (Å²) >= 11 is 2.86. The minimum Gasteiger partial charge on any atom is -0.480 e. The molecule has 11 nitrogen and oxygen atoms in total. The topological polar surface area (TPSA) is 155 Å². The zero-order valence-corrected chi connectivity index (χ0v) is 22.9. The smallest absolute Gasteiger partial charge is 0.412 e. The van der Waals surface area contributed by atoms with Gasteiger partial charge in [0.05, 0.1) is 23.6 Å². The summed E-state index contributed by atoms with van der Waals surface area (Å²) in [6, 6.07) is 7.40. The van der Waals surface area contributed by atoms with E-state index >= 15 is 0 Å². The van der Waals surface area contributed by atoms with E-state index in [1.807, 2.05) is 18.2 Å². The number of carbonyl (C=O) groups excluding carboxylic acids is 3. The van der Waals surface area contributed by atoms with Crippen LogP contribution in [0.2, 0.25) is 0 Å². The fourth-order valence-electron chi connectivity index (χ4n) is 4.34. The lowest BCUT2D eigenvalue weighted by atomic mass is 9.94. The molecule has 206 valence electrons. The predicted molar refractivity (Wildman–Crippen MR) is 143 cm³/mol. The first-order valence-electron chi connectivity index (χ1n) is 11.9. The van der Waals surface area contributed by atoms with Crippen LogP contribution in [0.25, 0.3) is 19.5 Å². The maximum Gasteiger partial charge on any atom is 0.412 e. The molecule has 38 heavy (non-hydrogen) atoms. The summed E-state index contributed by atoms with van der Waals surface area (Å²) in [6.45, 7) is 1.39. The Morgan fingerprint density at radius 3 is 2.39 bits per heavy atom. The van der Waals surface area contributed by atoms with Crippen molar-refractivity contribution in [1.82, 2.24) is 4.90 Å². The molecule has 2 amide bonds. The van der Waals surface area contributed by atoms with Crippen molar-refractivity contribution in [3.63, 3.8) is 0 Å². The second-order valence-corrected chi connectivity index (χ2v) is 10.5. The normalized spacial score (nSPS) is 14.2. The van der Waals surface area contributed by atoms with Gasteiger partial charge in [0.1, 0.15) is 10.6 Å². The number of hydrogen-bond acceptors (Lipinski definition) is 10. The van der Waals surface area contributed by atoms with Gasteiger partial charge in [-0.05, 0) is 31.9 Å². The molecule has 1 atom stereocenters. The number of carboxylic acid groups (broad SMARTS) is 1. The number of methoxy groups -OCH3 is 2. The van der Waals surface area contributed by atoms with E-state index in [4.69, 9.17) is 28.8 Å². The quantitative estimate of drug-likeness (QED) is 0.223. The third-order valence-corrected chi connectivity index (χ3v) is 8.36. The summed E-state index contributed by atoms with van der Waals surface area (Å²) in [5.74, 6) is -0.368. The van der Waals surface area contributed by atoms with Crippen molar-refractivity contribution in [3.05, 3.63) is 29.1 Å². The van der Waals surface area contributed by atoms with E-state index in [2.05, 4.69) is 5.73 Å². The number of esters is 2. The average molecular weight is 567 g/mol. The molecular weight excluding hydrogens is 536 g/mol. The number of primary amides is 1.